The molecule has 0 amide bonds. The van der Waals surface area contributed by atoms with Crippen molar-refractivity contribution in [2.75, 3.05) is 0 Å². The van der Waals surface area contributed by atoms with Gasteiger partial charge in [0.2, 0.25) is 0 Å². The smallest absolute Gasteiger partial charge is 0.345 e. The number of para-hydroxylation sites is 2. The van der Waals surface area contributed by atoms with Crippen LogP contribution >= 0.6 is 0 Å². The maximum absolute atomic E-state index is 13.7. The van der Waals surface area contributed by atoms with E-state index in [1.807, 2.05) is 76.2 Å². The van der Waals surface area contributed by atoms with Gasteiger partial charge in [0.1, 0.15) is 11.4 Å². The summed E-state index contributed by atoms with van der Waals surface area (Å²) in [6.45, 7) is 7.71. The van der Waals surface area contributed by atoms with Crippen LogP contribution in [0.25, 0.3) is 21.5 Å². The second kappa shape index (κ2) is 9.56. The monoisotopic (exact) mass is 456 g/mol. The maximum Gasteiger partial charge on any atom is 0.345 e. The summed E-state index contributed by atoms with van der Waals surface area (Å²) in [5.41, 5.74) is -0.117. The second-order valence-corrected chi connectivity index (χ2v) is 9.10. The third kappa shape index (κ3) is 5.04. The van der Waals surface area contributed by atoms with Crippen LogP contribution in [0.15, 0.2) is 72.8 Å². The third-order valence-corrected chi connectivity index (χ3v) is 5.20. The van der Waals surface area contributed by atoms with Gasteiger partial charge < -0.3 is 14.2 Å². The Kier molecular flexibility index (Phi) is 6.55. The second-order valence-electron chi connectivity index (χ2n) is 9.10. The Hall–Kier alpha value is -3.86. The average Bonchev–Trinajstić information content (AvgIpc) is 2.78. The Labute approximate surface area is 199 Å². The van der Waals surface area contributed by atoms with E-state index >= 15 is 0 Å². The highest BCUT2D eigenvalue weighted by molar-refractivity contribution is 6.18. The molecule has 4 rings (SSSR count). The first-order valence-corrected chi connectivity index (χ1v) is 11.4. The molecule has 0 fully saturated rings. The Morgan fingerprint density at radius 3 is 2.15 bits per heavy atom. The zero-order chi connectivity index (χ0) is 24.3. The zero-order valence-electron chi connectivity index (χ0n) is 19.9. The van der Waals surface area contributed by atoms with Crippen LogP contribution in [0.3, 0.4) is 0 Å². The van der Waals surface area contributed by atoms with Gasteiger partial charge in [-0.05, 0) is 67.6 Å². The number of ether oxygens (including phenoxy) is 3. The van der Waals surface area contributed by atoms with E-state index in [1.54, 1.807) is 24.3 Å². The Balaban J connectivity index is 1.87. The van der Waals surface area contributed by atoms with E-state index < -0.39 is 11.6 Å². The lowest BCUT2D eigenvalue weighted by Gasteiger charge is -2.23. The normalized spacial score (nSPS) is 11.4. The predicted molar refractivity (Wildman–Crippen MR) is 134 cm³/mol. The summed E-state index contributed by atoms with van der Waals surface area (Å²) < 4.78 is 17.6. The number of carbonyl (C=O) groups excluding carboxylic acids is 2. The summed E-state index contributed by atoms with van der Waals surface area (Å²) in [6.07, 6.45) is 0.966. The summed E-state index contributed by atoms with van der Waals surface area (Å²) in [6, 6.07) is 22.1. The van der Waals surface area contributed by atoms with Crippen LogP contribution in [0.4, 0.5) is 0 Å². The van der Waals surface area contributed by atoms with Crippen molar-refractivity contribution in [3.05, 3.63) is 78.4 Å². The Morgan fingerprint density at radius 2 is 1.41 bits per heavy atom. The van der Waals surface area contributed by atoms with Crippen molar-refractivity contribution in [3.8, 4) is 17.2 Å². The van der Waals surface area contributed by atoms with Gasteiger partial charge in [-0.1, -0.05) is 55.5 Å². The molecule has 5 nitrogen and oxygen atoms in total. The van der Waals surface area contributed by atoms with E-state index in [2.05, 4.69) is 0 Å². The summed E-state index contributed by atoms with van der Waals surface area (Å²) in [7, 11) is 0. The van der Waals surface area contributed by atoms with Crippen LogP contribution < -0.4 is 14.2 Å². The summed E-state index contributed by atoms with van der Waals surface area (Å²) in [5, 5.41) is 2.93. The molecule has 0 aliphatic rings. The standard InChI is InChI=1S/C29H28O5/c1-5-11-25(30)32-24-17-10-13-20-18-19-12-6-7-14-21(19)27(26(20)24)28(31)33-22-15-8-9-16-23(22)34-29(2,3)4/h6-10,12-18H,5,11H2,1-4H3. The van der Waals surface area contributed by atoms with Crippen molar-refractivity contribution in [2.24, 2.45) is 0 Å². The predicted octanol–water partition coefficient (Wildman–Crippen LogP) is 7.10. The first kappa shape index (κ1) is 23.3. The van der Waals surface area contributed by atoms with Crippen molar-refractivity contribution in [3.63, 3.8) is 0 Å². The molecule has 0 radical (unpaired) electrons. The molecule has 0 N–H and O–H groups in total. The number of fused-ring (bicyclic) bond motifs is 2. The van der Waals surface area contributed by atoms with E-state index in [0.29, 0.717) is 46.4 Å². The van der Waals surface area contributed by atoms with Crippen molar-refractivity contribution in [2.45, 2.75) is 46.1 Å². The largest absolute Gasteiger partial charge is 0.484 e. The number of hydrogen-bond acceptors (Lipinski definition) is 5. The number of carbonyl (C=O) groups is 2. The lowest BCUT2D eigenvalue weighted by Crippen LogP contribution is -2.23. The van der Waals surface area contributed by atoms with Crippen LogP contribution in [0.2, 0.25) is 0 Å². The lowest BCUT2D eigenvalue weighted by atomic mass is 9.96. The van der Waals surface area contributed by atoms with Crippen LogP contribution in [0.5, 0.6) is 17.2 Å². The van der Waals surface area contributed by atoms with Gasteiger partial charge in [-0.2, -0.15) is 0 Å². The van der Waals surface area contributed by atoms with Gasteiger partial charge in [0.15, 0.2) is 11.5 Å². The molecular formula is C29H28O5. The Bertz CT molecular complexity index is 1360. The molecule has 0 unspecified atom stereocenters. The first-order chi connectivity index (χ1) is 16.3. The fourth-order valence-electron chi connectivity index (χ4n) is 3.86. The number of rotatable bonds is 6. The minimum atomic E-state index is -0.550. The maximum atomic E-state index is 13.7. The molecule has 4 aromatic carbocycles. The summed E-state index contributed by atoms with van der Waals surface area (Å²) >= 11 is 0. The fourth-order valence-corrected chi connectivity index (χ4v) is 3.86. The molecule has 0 saturated carbocycles. The van der Waals surface area contributed by atoms with E-state index in [-0.39, 0.29) is 5.97 Å². The summed E-state index contributed by atoms with van der Waals surface area (Å²) in [4.78, 5) is 26.0. The van der Waals surface area contributed by atoms with Crippen LogP contribution in [-0.4, -0.2) is 17.5 Å². The molecule has 4 aromatic rings. The van der Waals surface area contributed by atoms with Gasteiger partial charge >= 0.3 is 11.9 Å². The number of esters is 2. The average molecular weight is 457 g/mol. The first-order valence-electron chi connectivity index (χ1n) is 11.4. The minimum Gasteiger partial charge on any atom is -0.484 e. The van der Waals surface area contributed by atoms with Crippen molar-refractivity contribution in [1.29, 1.82) is 0 Å². The minimum absolute atomic E-state index is 0.293. The third-order valence-electron chi connectivity index (χ3n) is 5.20. The molecule has 0 aliphatic heterocycles. The molecule has 0 bridgehead atoms. The van der Waals surface area contributed by atoms with Crippen molar-refractivity contribution in [1.82, 2.24) is 0 Å². The molecular weight excluding hydrogens is 428 g/mol. The lowest BCUT2D eigenvalue weighted by molar-refractivity contribution is -0.134. The van der Waals surface area contributed by atoms with E-state index in [0.717, 1.165) is 10.8 Å². The van der Waals surface area contributed by atoms with E-state index in [4.69, 9.17) is 14.2 Å². The van der Waals surface area contributed by atoms with Crippen LogP contribution in [0, 0.1) is 0 Å². The highest BCUT2D eigenvalue weighted by Gasteiger charge is 2.23. The molecule has 0 heterocycles. The molecule has 34 heavy (non-hydrogen) atoms. The highest BCUT2D eigenvalue weighted by atomic mass is 16.6. The molecule has 5 heteroatoms. The van der Waals surface area contributed by atoms with E-state index in [1.165, 1.54) is 0 Å². The van der Waals surface area contributed by atoms with Gasteiger partial charge in [0, 0.05) is 11.8 Å². The summed E-state index contributed by atoms with van der Waals surface area (Å²) in [5.74, 6) is 0.247. The quantitative estimate of drug-likeness (QED) is 0.176. The van der Waals surface area contributed by atoms with Gasteiger partial charge in [-0.25, -0.2) is 4.79 Å². The van der Waals surface area contributed by atoms with E-state index in [9.17, 15) is 9.59 Å². The molecule has 0 atom stereocenters. The van der Waals surface area contributed by atoms with Gasteiger partial charge in [0.25, 0.3) is 0 Å². The highest BCUT2D eigenvalue weighted by Crippen LogP contribution is 2.37. The topological polar surface area (TPSA) is 61.8 Å². The molecule has 0 spiro atoms. The number of benzene rings is 4. The van der Waals surface area contributed by atoms with Gasteiger partial charge in [-0.15, -0.1) is 0 Å². The molecule has 0 aromatic heterocycles. The Morgan fingerprint density at radius 1 is 0.765 bits per heavy atom. The van der Waals surface area contributed by atoms with Crippen LogP contribution in [-0.2, 0) is 4.79 Å². The number of hydrogen-bond donors (Lipinski definition) is 0. The zero-order valence-corrected chi connectivity index (χ0v) is 19.9. The van der Waals surface area contributed by atoms with Gasteiger partial charge in [-0.3, -0.25) is 4.79 Å². The van der Waals surface area contributed by atoms with Gasteiger partial charge in [0.05, 0.1) is 5.56 Å². The molecule has 0 aliphatic carbocycles. The van der Waals surface area contributed by atoms with Crippen LogP contribution in [0.1, 0.15) is 50.9 Å². The fraction of sp³-hybridized carbons (Fsp3) is 0.241. The van der Waals surface area contributed by atoms with Crippen molar-refractivity contribution < 1.29 is 23.8 Å². The molecule has 0 saturated heterocycles. The van der Waals surface area contributed by atoms with Crippen molar-refractivity contribution >= 4 is 33.5 Å². The SMILES string of the molecule is CCCC(=O)Oc1cccc2cc3ccccc3c(C(=O)Oc3ccccc3OC(C)(C)C)c12. The molecule has 174 valence electrons.